The van der Waals surface area contributed by atoms with Crippen LogP contribution in [0.4, 0.5) is 0 Å². The minimum absolute atomic E-state index is 0.265. The Kier molecular flexibility index (Phi) is 4.45. The molecule has 0 aromatic heterocycles. The maximum Gasteiger partial charge on any atom is 0.231 e. The molecule has 0 spiro atoms. The number of hydrogen-bond donors (Lipinski definition) is 0. The van der Waals surface area contributed by atoms with Gasteiger partial charge in [-0.1, -0.05) is 23.7 Å². The van der Waals surface area contributed by atoms with Crippen LogP contribution in [0.15, 0.2) is 60.7 Å². The molecule has 0 atom stereocenters. The van der Waals surface area contributed by atoms with Crippen LogP contribution in [0.1, 0.15) is 22.3 Å². The van der Waals surface area contributed by atoms with Crippen molar-refractivity contribution in [2.45, 2.75) is 0 Å². The molecule has 4 heteroatoms. The second-order valence-corrected chi connectivity index (χ2v) is 6.50. The summed E-state index contributed by atoms with van der Waals surface area (Å²) < 4.78 is 21.8. The number of ether oxygens (including phenoxy) is 4. The Hall–Kier alpha value is -4.02. The average Bonchev–Trinajstić information content (AvgIpc) is 3.25. The van der Waals surface area contributed by atoms with E-state index in [4.69, 9.17) is 18.9 Å². The zero-order valence-electron chi connectivity index (χ0n) is 15.5. The van der Waals surface area contributed by atoms with E-state index in [1.807, 2.05) is 60.7 Å². The van der Waals surface area contributed by atoms with Crippen molar-refractivity contribution in [1.29, 1.82) is 0 Å². The van der Waals surface area contributed by atoms with Crippen LogP contribution >= 0.6 is 0 Å². The minimum Gasteiger partial charge on any atom is -0.486 e. The summed E-state index contributed by atoms with van der Waals surface area (Å²) >= 11 is 0. The van der Waals surface area contributed by atoms with E-state index in [1.165, 1.54) is 0 Å². The highest BCUT2D eigenvalue weighted by molar-refractivity contribution is 5.53. The summed E-state index contributed by atoms with van der Waals surface area (Å²) in [6.45, 7) is 1.42. The molecule has 29 heavy (non-hydrogen) atoms. The molecule has 0 saturated carbocycles. The van der Waals surface area contributed by atoms with Gasteiger partial charge >= 0.3 is 0 Å². The van der Waals surface area contributed by atoms with Crippen molar-refractivity contribution in [2.24, 2.45) is 0 Å². The van der Waals surface area contributed by atoms with Crippen molar-refractivity contribution in [1.82, 2.24) is 0 Å². The molecule has 0 N–H and O–H groups in total. The Labute approximate surface area is 169 Å². The fraction of sp³-hybridized carbons (Fsp3) is 0.120. The van der Waals surface area contributed by atoms with E-state index in [0.29, 0.717) is 13.2 Å². The van der Waals surface area contributed by atoms with Gasteiger partial charge in [-0.3, -0.25) is 0 Å². The summed E-state index contributed by atoms with van der Waals surface area (Å²) in [5.41, 5.74) is 3.62. The van der Waals surface area contributed by atoms with Crippen LogP contribution in [0.2, 0.25) is 0 Å². The highest BCUT2D eigenvalue weighted by Crippen LogP contribution is 2.32. The topological polar surface area (TPSA) is 36.9 Å². The molecule has 2 aliphatic rings. The van der Waals surface area contributed by atoms with Gasteiger partial charge in [-0.2, -0.15) is 0 Å². The standard InChI is InChI=1S/C25H16O4/c1-3-19(6-8-21-10-12-23-25(16-21)29-17-28-23)4-2-18(1)5-7-20-9-11-22-24(15-20)27-14-13-26-22/h1-4,9-12,15-16H,13-14,17H2. The Morgan fingerprint density at radius 1 is 0.448 bits per heavy atom. The molecule has 4 nitrogen and oxygen atoms in total. The molecule has 0 saturated heterocycles. The third kappa shape index (κ3) is 3.83. The van der Waals surface area contributed by atoms with E-state index in [1.54, 1.807) is 0 Å². The van der Waals surface area contributed by atoms with Gasteiger partial charge in [0.15, 0.2) is 23.0 Å². The molecule has 3 aromatic carbocycles. The molecule has 2 aliphatic heterocycles. The predicted octanol–water partition coefficient (Wildman–Crippen LogP) is 3.99. The van der Waals surface area contributed by atoms with Crippen molar-refractivity contribution in [2.75, 3.05) is 20.0 Å². The predicted molar refractivity (Wildman–Crippen MR) is 108 cm³/mol. The molecule has 3 aromatic rings. The minimum atomic E-state index is 0.265. The highest BCUT2D eigenvalue weighted by Gasteiger charge is 2.12. The summed E-state index contributed by atoms with van der Waals surface area (Å²) in [7, 11) is 0. The molecule has 2 heterocycles. The summed E-state index contributed by atoms with van der Waals surface area (Å²) in [4.78, 5) is 0. The number of benzene rings is 3. The smallest absolute Gasteiger partial charge is 0.231 e. The van der Waals surface area contributed by atoms with Gasteiger partial charge in [-0.25, -0.2) is 0 Å². The Morgan fingerprint density at radius 2 is 0.862 bits per heavy atom. The zero-order chi connectivity index (χ0) is 19.5. The number of hydrogen-bond acceptors (Lipinski definition) is 4. The van der Waals surface area contributed by atoms with Crippen molar-refractivity contribution in [3.8, 4) is 46.7 Å². The van der Waals surface area contributed by atoms with E-state index < -0.39 is 0 Å². The normalized spacial score (nSPS) is 13.0. The maximum atomic E-state index is 5.60. The van der Waals surface area contributed by atoms with E-state index in [-0.39, 0.29) is 6.79 Å². The van der Waals surface area contributed by atoms with Gasteiger partial charge in [0.25, 0.3) is 0 Å². The molecule has 0 radical (unpaired) electrons. The van der Waals surface area contributed by atoms with Gasteiger partial charge in [0, 0.05) is 22.3 Å². The van der Waals surface area contributed by atoms with Crippen LogP contribution in [0, 0.1) is 23.7 Å². The SMILES string of the molecule is C(#Cc1ccc2c(c1)OCCO2)c1ccc(C#Cc2ccc3c(c2)OCO3)cc1. The van der Waals surface area contributed by atoms with Crippen LogP contribution in [0.5, 0.6) is 23.0 Å². The highest BCUT2D eigenvalue weighted by atomic mass is 16.7. The molecule has 0 bridgehead atoms. The van der Waals surface area contributed by atoms with E-state index >= 15 is 0 Å². The third-order valence-corrected chi connectivity index (χ3v) is 4.50. The Bertz CT molecular complexity index is 1190. The average molecular weight is 380 g/mol. The van der Waals surface area contributed by atoms with Crippen LogP contribution in [-0.4, -0.2) is 20.0 Å². The van der Waals surface area contributed by atoms with Gasteiger partial charge in [0.2, 0.25) is 6.79 Å². The summed E-state index contributed by atoms with van der Waals surface area (Å²) in [6.07, 6.45) is 0. The summed E-state index contributed by atoms with van der Waals surface area (Å²) in [5.74, 6) is 15.7. The lowest BCUT2D eigenvalue weighted by atomic mass is 10.1. The quantitative estimate of drug-likeness (QED) is 0.553. The van der Waals surface area contributed by atoms with Crippen molar-refractivity contribution >= 4 is 0 Å². The van der Waals surface area contributed by atoms with Crippen LogP contribution in [0.25, 0.3) is 0 Å². The van der Waals surface area contributed by atoms with Gasteiger partial charge in [-0.15, -0.1) is 0 Å². The van der Waals surface area contributed by atoms with Crippen LogP contribution in [-0.2, 0) is 0 Å². The third-order valence-electron chi connectivity index (χ3n) is 4.50. The van der Waals surface area contributed by atoms with Crippen molar-refractivity contribution < 1.29 is 18.9 Å². The monoisotopic (exact) mass is 380 g/mol. The maximum absolute atomic E-state index is 5.60. The summed E-state index contributed by atoms with van der Waals surface area (Å²) in [6, 6.07) is 19.3. The zero-order valence-corrected chi connectivity index (χ0v) is 15.5. The van der Waals surface area contributed by atoms with E-state index in [9.17, 15) is 0 Å². The van der Waals surface area contributed by atoms with Gasteiger partial charge in [0.05, 0.1) is 0 Å². The second kappa shape index (κ2) is 7.54. The molecule has 5 rings (SSSR count). The number of fused-ring (bicyclic) bond motifs is 2. The molecular formula is C25H16O4. The first kappa shape index (κ1) is 17.1. The van der Waals surface area contributed by atoms with Crippen molar-refractivity contribution in [3.63, 3.8) is 0 Å². The molecule has 0 aliphatic carbocycles. The first-order valence-electron chi connectivity index (χ1n) is 9.27. The first-order valence-corrected chi connectivity index (χ1v) is 9.27. The molecule has 0 amide bonds. The van der Waals surface area contributed by atoms with E-state index in [0.717, 1.165) is 45.3 Å². The van der Waals surface area contributed by atoms with Crippen LogP contribution in [0.3, 0.4) is 0 Å². The fourth-order valence-electron chi connectivity index (χ4n) is 3.02. The first-order chi connectivity index (χ1) is 14.3. The number of rotatable bonds is 0. The van der Waals surface area contributed by atoms with Crippen molar-refractivity contribution in [3.05, 3.63) is 82.9 Å². The van der Waals surface area contributed by atoms with Gasteiger partial charge in [0.1, 0.15) is 13.2 Å². The Balaban J connectivity index is 1.30. The second-order valence-electron chi connectivity index (χ2n) is 6.50. The molecule has 0 unspecified atom stereocenters. The molecule has 0 fully saturated rings. The lowest BCUT2D eigenvalue weighted by molar-refractivity contribution is 0.171. The lowest BCUT2D eigenvalue weighted by Gasteiger charge is -2.17. The van der Waals surface area contributed by atoms with Gasteiger partial charge < -0.3 is 18.9 Å². The fourth-order valence-corrected chi connectivity index (χ4v) is 3.02. The Morgan fingerprint density at radius 3 is 1.48 bits per heavy atom. The lowest BCUT2D eigenvalue weighted by Crippen LogP contribution is -2.15. The molecular weight excluding hydrogens is 364 g/mol. The van der Waals surface area contributed by atoms with E-state index in [2.05, 4.69) is 23.7 Å². The van der Waals surface area contributed by atoms with Crippen LogP contribution < -0.4 is 18.9 Å². The van der Waals surface area contributed by atoms with Gasteiger partial charge in [-0.05, 0) is 60.7 Å². The summed E-state index contributed by atoms with van der Waals surface area (Å²) in [5, 5.41) is 0. The molecule has 140 valence electrons. The largest absolute Gasteiger partial charge is 0.486 e.